The van der Waals surface area contributed by atoms with E-state index in [2.05, 4.69) is 23.7 Å². The Morgan fingerprint density at radius 3 is 2.00 bits per heavy atom. The smallest absolute Gasteiger partial charge is 0.550 e. The van der Waals surface area contributed by atoms with Gasteiger partial charge in [0.25, 0.3) is 0 Å². The first-order valence-electron chi connectivity index (χ1n) is 21.8. The topological polar surface area (TPSA) is 169 Å². The van der Waals surface area contributed by atoms with Gasteiger partial charge < -0.3 is 39.1 Å². The number of carbonyl (C=O) groups is 4. The molecule has 0 bridgehead atoms. The van der Waals surface area contributed by atoms with E-state index in [1.165, 1.54) is 14.0 Å². The van der Waals surface area contributed by atoms with Crippen LogP contribution >= 0.6 is 0 Å². The molecule has 0 aromatic heterocycles. The number of hydrogen-bond acceptors (Lipinski definition) is 11. The fourth-order valence-electron chi connectivity index (χ4n) is 9.14. The quantitative estimate of drug-likeness (QED) is 0.0789. The number of carboxylic acid groups (broad SMARTS) is 1. The van der Waals surface area contributed by atoms with Crippen LogP contribution < -0.4 is 44.1 Å². The van der Waals surface area contributed by atoms with Gasteiger partial charge >= 0.3 is 41.5 Å². The van der Waals surface area contributed by atoms with E-state index in [9.17, 15) is 34.5 Å². The van der Waals surface area contributed by atoms with Gasteiger partial charge in [-0.1, -0.05) is 68.5 Å². The molecule has 6 rings (SSSR count). The number of hydrogen-bond donors (Lipinski definition) is 2. The normalized spacial score (nSPS) is 24.8. The van der Waals surface area contributed by atoms with Crippen LogP contribution in [-0.4, -0.2) is 71.5 Å². The molecule has 11 atom stereocenters. The molecule has 0 saturated heterocycles. The van der Waals surface area contributed by atoms with E-state index in [0.29, 0.717) is 57.8 Å². The minimum Gasteiger partial charge on any atom is -0.550 e. The number of aliphatic hydroxyl groups excluding tert-OH is 2. The second-order valence-electron chi connectivity index (χ2n) is 16.8. The largest absolute Gasteiger partial charge is 1.00 e. The van der Waals surface area contributed by atoms with Crippen molar-refractivity contribution in [3.05, 3.63) is 83.0 Å². The van der Waals surface area contributed by atoms with Crippen molar-refractivity contribution in [1.82, 2.24) is 0 Å². The first kappa shape index (κ1) is 51.3. The number of para-hydroxylation sites is 2. The van der Waals surface area contributed by atoms with Crippen LogP contribution in [0.5, 0.6) is 11.5 Å². The first-order valence-corrected chi connectivity index (χ1v) is 21.8. The van der Waals surface area contributed by atoms with E-state index >= 15 is 0 Å². The summed E-state index contributed by atoms with van der Waals surface area (Å²) in [6.45, 7) is 8.78. The number of allylic oxidation sites excluding steroid dienone is 1. The molecular formula is C51H61NaO11. The minimum atomic E-state index is -1.04. The van der Waals surface area contributed by atoms with Crippen LogP contribution in [-0.2, 0) is 41.5 Å². The van der Waals surface area contributed by atoms with Gasteiger partial charge in [-0.25, -0.2) is 0 Å². The summed E-state index contributed by atoms with van der Waals surface area (Å²) >= 11 is 0. The number of fused-ring (bicyclic) bond motifs is 6. The van der Waals surface area contributed by atoms with Crippen molar-refractivity contribution >= 4 is 23.7 Å². The minimum absolute atomic E-state index is 0. The Morgan fingerprint density at radius 2 is 1.43 bits per heavy atom. The van der Waals surface area contributed by atoms with Crippen molar-refractivity contribution in [3.8, 4) is 35.2 Å². The SMILES string of the molecule is CC#CCC(C)C(=O)/C=C/[C@@H]1[C@H]2c3cccc(CCCC(=O)OC)c3O[C@H]2C[C@H]1OC(C)=O.CC#CCC(C)[C@H](O)/C=C/[C@@H]1[C@H]2c3cccc(CCCC(=O)[O-])c3O[C@H]2C[C@H]1O.[Na+]. The third-order valence-corrected chi connectivity index (χ3v) is 12.4. The van der Waals surface area contributed by atoms with Crippen LogP contribution in [0.1, 0.15) is 120 Å². The molecule has 0 radical (unpaired) electrons. The summed E-state index contributed by atoms with van der Waals surface area (Å²) in [5.74, 6) is 11.3. The first-order chi connectivity index (χ1) is 29.8. The Balaban J connectivity index is 0.000000274. The van der Waals surface area contributed by atoms with Crippen LogP contribution in [0.15, 0.2) is 60.7 Å². The number of aryl methyl sites for hydroxylation is 2. The number of methoxy groups -OCH3 is 1. The van der Waals surface area contributed by atoms with Crippen LogP contribution in [0.3, 0.4) is 0 Å². The van der Waals surface area contributed by atoms with E-state index in [1.807, 2.05) is 62.4 Å². The van der Waals surface area contributed by atoms with E-state index in [-0.39, 0.29) is 108 Å². The average molecular weight is 873 g/mol. The Hall–Kier alpha value is -4.36. The molecule has 0 spiro atoms. The number of esters is 2. The number of ketones is 1. The van der Waals surface area contributed by atoms with Gasteiger partial charge in [-0.15, -0.1) is 23.7 Å². The molecule has 2 aromatic rings. The molecule has 2 aliphatic heterocycles. The Bertz CT molecular complexity index is 2100. The van der Waals surface area contributed by atoms with Crippen LogP contribution in [0, 0.1) is 47.4 Å². The Labute approximate surface area is 394 Å². The number of rotatable bonds is 17. The maximum absolute atomic E-state index is 12.6. The third-order valence-electron chi connectivity index (χ3n) is 12.4. The summed E-state index contributed by atoms with van der Waals surface area (Å²) in [5.41, 5.74) is 4.19. The summed E-state index contributed by atoms with van der Waals surface area (Å²) in [6, 6.07) is 12.0. The molecule has 332 valence electrons. The predicted octanol–water partition coefficient (Wildman–Crippen LogP) is 3.11. The van der Waals surface area contributed by atoms with Gasteiger partial charge in [-0.2, -0.15) is 0 Å². The van der Waals surface area contributed by atoms with Crippen molar-refractivity contribution in [1.29, 1.82) is 0 Å². The molecule has 2 aliphatic carbocycles. The van der Waals surface area contributed by atoms with Gasteiger partial charge in [0.15, 0.2) is 5.78 Å². The van der Waals surface area contributed by atoms with Crippen molar-refractivity contribution in [2.75, 3.05) is 7.11 Å². The van der Waals surface area contributed by atoms with Gasteiger partial charge in [0.2, 0.25) is 0 Å². The van der Waals surface area contributed by atoms with E-state index < -0.39 is 18.2 Å². The van der Waals surface area contributed by atoms with Crippen LogP contribution in [0.25, 0.3) is 0 Å². The second kappa shape index (κ2) is 24.6. The number of carbonyl (C=O) groups excluding carboxylic acids is 4. The fraction of sp³-hybridized carbons (Fsp3) is 0.529. The molecule has 2 N–H and O–H groups in total. The van der Waals surface area contributed by atoms with Gasteiger partial charge in [0, 0.05) is 85.7 Å². The summed E-state index contributed by atoms with van der Waals surface area (Å²) in [7, 11) is 1.39. The second-order valence-corrected chi connectivity index (χ2v) is 16.8. The maximum atomic E-state index is 12.6. The molecule has 2 unspecified atom stereocenters. The number of aliphatic carboxylic acids is 1. The van der Waals surface area contributed by atoms with E-state index in [1.54, 1.807) is 26.0 Å². The zero-order valence-corrected chi connectivity index (χ0v) is 39.8. The van der Waals surface area contributed by atoms with Gasteiger partial charge in [0.05, 0.1) is 19.3 Å². The molecule has 2 saturated carbocycles. The van der Waals surface area contributed by atoms with E-state index in [4.69, 9.17) is 18.9 Å². The zero-order valence-electron chi connectivity index (χ0n) is 37.8. The van der Waals surface area contributed by atoms with Gasteiger partial charge in [0.1, 0.15) is 29.8 Å². The molecule has 11 nitrogen and oxygen atoms in total. The zero-order chi connectivity index (χ0) is 44.9. The fourth-order valence-corrected chi connectivity index (χ4v) is 9.14. The molecule has 63 heavy (non-hydrogen) atoms. The standard InChI is InChI=1S/C27H32O6.C24H30O5.Na/c1-5-6-9-17(2)22(29)15-14-20-23(32-18(3)28)16-24-26(20)21-12-7-10-19(27(21)33-24)11-8-13-25(30)31-4;1-3-4-7-15(2)19(25)13-12-17-20(26)14-21-23(17)18-10-5-8-16(24(18)29-21)9-6-11-22(27)28;/h7,10,12,14-15,17,20,23-24,26H,8-9,11,13,16H2,1-4H3;5,8,10,12-13,15,17,19-21,23,25-26H,6-7,9,11,14H2,1-2H3,(H,27,28);/q;;+1/p-1/b15-14+;13-12+;/t17?,20-,23+,24-,26-;15?,17-,19+,20+,21-,23-;/m00./s1. The van der Waals surface area contributed by atoms with Crippen LogP contribution in [0.4, 0.5) is 0 Å². The number of benzene rings is 2. The summed E-state index contributed by atoms with van der Waals surface area (Å²) in [5, 5.41) is 31.7. The van der Waals surface area contributed by atoms with Crippen molar-refractivity contribution in [2.45, 2.75) is 141 Å². The number of aliphatic hydroxyl groups is 2. The summed E-state index contributed by atoms with van der Waals surface area (Å²) in [6.07, 6.45) is 10.7. The Kier molecular flexibility index (Phi) is 20.0. The monoisotopic (exact) mass is 872 g/mol. The van der Waals surface area contributed by atoms with Crippen molar-refractivity contribution in [3.63, 3.8) is 0 Å². The molecule has 2 fully saturated rings. The number of carboxylic acids is 1. The molecular weight excluding hydrogens is 812 g/mol. The average Bonchev–Trinajstić information content (AvgIpc) is 3.98. The molecule has 2 heterocycles. The third kappa shape index (κ3) is 13.3. The summed E-state index contributed by atoms with van der Waals surface area (Å²) < 4.78 is 22.9. The van der Waals surface area contributed by atoms with Gasteiger partial charge in [-0.3, -0.25) is 14.4 Å². The predicted molar refractivity (Wildman–Crippen MR) is 232 cm³/mol. The van der Waals surface area contributed by atoms with Crippen molar-refractivity contribution < 1.29 is 83.0 Å². The van der Waals surface area contributed by atoms with Crippen LogP contribution in [0.2, 0.25) is 0 Å². The Morgan fingerprint density at radius 1 is 0.857 bits per heavy atom. The van der Waals surface area contributed by atoms with E-state index in [0.717, 1.165) is 33.8 Å². The number of ether oxygens (including phenoxy) is 4. The molecule has 4 aliphatic rings. The molecule has 2 aromatic carbocycles. The maximum Gasteiger partial charge on any atom is 1.00 e. The van der Waals surface area contributed by atoms with Crippen molar-refractivity contribution in [2.24, 2.45) is 23.7 Å². The van der Waals surface area contributed by atoms with Gasteiger partial charge in [-0.05, 0) is 69.1 Å². The summed E-state index contributed by atoms with van der Waals surface area (Å²) in [4.78, 5) is 46.5. The molecule has 12 heteroatoms. The molecule has 0 amide bonds.